The van der Waals surface area contributed by atoms with Crippen LogP contribution in [-0.2, 0) is 6.42 Å². The Labute approximate surface area is 110 Å². The molecule has 0 spiro atoms. The molecule has 0 aromatic carbocycles. The van der Waals surface area contributed by atoms with Crippen molar-refractivity contribution in [3.63, 3.8) is 0 Å². The van der Waals surface area contributed by atoms with E-state index in [2.05, 4.69) is 46.9 Å². The fourth-order valence-corrected chi connectivity index (χ4v) is 3.29. The average molecular weight is 254 g/mol. The zero-order valence-corrected chi connectivity index (χ0v) is 12.9. The fraction of sp³-hybridized carbons (Fsp3) is 0.786. The molecule has 1 rings (SSSR count). The maximum absolute atomic E-state index is 4.80. The van der Waals surface area contributed by atoms with E-state index < -0.39 is 0 Å². The van der Waals surface area contributed by atoms with Crippen molar-refractivity contribution in [3.05, 3.63) is 15.6 Å². The van der Waals surface area contributed by atoms with E-state index >= 15 is 0 Å². The molecule has 0 saturated heterocycles. The molecule has 0 amide bonds. The summed E-state index contributed by atoms with van der Waals surface area (Å²) in [5, 5.41) is 4.89. The molecule has 3 heteroatoms. The topological polar surface area (TPSA) is 24.9 Å². The lowest BCUT2D eigenvalue weighted by Crippen LogP contribution is -2.32. The van der Waals surface area contributed by atoms with E-state index in [1.807, 2.05) is 11.3 Å². The van der Waals surface area contributed by atoms with Gasteiger partial charge < -0.3 is 5.32 Å². The quantitative estimate of drug-likeness (QED) is 0.855. The number of thiazole rings is 1. The fourth-order valence-electron chi connectivity index (χ4n) is 1.95. The number of nitrogens with zero attached hydrogens (tertiary/aromatic N) is 1. The van der Waals surface area contributed by atoms with Gasteiger partial charge in [-0.2, -0.15) is 0 Å². The third-order valence-electron chi connectivity index (χ3n) is 2.96. The minimum absolute atomic E-state index is 0.213. The number of aryl methyl sites for hydroxylation is 2. The number of rotatable bonds is 5. The zero-order chi connectivity index (χ0) is 13.1. The molecule has 1 aromatic rings. The van der Waals surface area contributed by atoms with E-state index in [4.69, 9.17) is 4.98 Å². The summed E-state index contributed by atoms with van der Waals surface area (Å²) in [7, 11) is 0. The highest BCUT2D eigenvalue weighted by atomic mass is 32.1. The third-order valence-corrected chi connectivity index (χ3v) is 4.03. The van der Waals surface area contributed by atoms with Crippen molar-refractivity contribution in [1.29, 1.82) is 0 Å². The molecule has 17 heavy (non-hydrogen) atoms. The highest BCUT2D eigenvalue weighted by Crippen LogP contribution is 2.35. The highest BCUT2D eigenvalue weighted by molar-refractivity contribution is 7.11. The van der Waals surface area contributed by atoms with Gasteiger partial charge in [0.1, 0.15) is 5.01 Å². The van der Waals surface area contributed by atoms with Gasteiger partial charge in [-0.25, -0.2) is 4.98 Å². The van der Waals surface area contributed by atoms with Gasteiger partial charge in [-0.1, -0.05) is 34.6 Å². The number of aromatic nitrogens is 1. The third kappa shape index (κ3) is 3.78. The first-order valence-corrected chi connectivity index (χ1v) is 7.41. The molecule has 0 saturated carbocycles. The van der Waals surface area contributed by atoms with Crippen molar-refractivity contribution in [2.45, 2.75) is 60.4 Å². The van der Waals surface area contributed by atoms with Crippen LogP contribution in [-0.4, -0.2) is 11.5 Å². The molecule has 0 aliphatic carbocycles. The van der Waals surface area contributed by atoms with Crippen LogP contribution in [0.3, 0.4) is 0 Å². The first-order chi connectivity index (χ1) is 7.90. The first kappa shape index (κ1) is 14.7. The maximum Gasteiger partial charge on any atom is 0.111 e. The van der Waals surface area contributed by atoms with Crippen LogP contribution in [0.5, 0.6) is 0 Å². The van der Waals surface area contributed by atoms with Crippen LogP contribution >= 0.6 is 11.3 Å². The van der Waals surface area contributed by atoms with Crippen molar-refractivity contribution in [1.82, 2.24) is 10.3 Å². The van der Waals surface area contributed by atoms with E-state index in [1.54, 1.807) is 0 Å². The second kappa shape index (κ2) is 5.96. The van der Waals surface area contributed by atoms with Gasteiger partial charge in [-0.15, -0.1) is 11.3 Å². The monoisotopic (exact) mass is 254 g/mol. The lowest BCUT2D eigenvalue weighted by Gasteiger charge is -2.30. The van der Waals surface area contributed by atoms with Crippen LogP contribution in [0.1, 0.15) is 62.7 Å². The predicted molar refractivity (Wildman–Crippen MR) is 76.7 cm³/mol. The Hall–Kier alpha value is -0.410. The molecule has 1 aromatic heterocycles. The van der Waals surface area contributed by atoms with E-state index in [-0.39, 0.29) is 5.41 Å². The molecule has 1 atom stereocenters. The number of nitrogens with one attached hydrogen (secondary N) is 1. The van der Waals surface area contributed by atoms with Gasteiger partial charge in [0.2, 0.25) is 0 Å². The molecule has 1 heterocycles. The van der Waals surface area contributed by atoms with Gasteiger partial charge in [0.25, 0.3) is 0 Å². The normalized spacial score (nSPS) is 14.0. The van der Waals surface area contributed by atoms with Crippen molar-refractivity contribution in [3.8, 4) is 0 Å². The van der Waals surface area contributed by atoms with Crippen molar-refractivity contribution >= 4 is 11.3 Å². The van der Waals surface area contributed by atoms with E-state index in [9.17, 15) is 0 Å². The van der Waals surface area contributed by atoms with Crippen molar-refractivity contribution < 1.29 is 0 Å². The van der Waals surface area contributed by atoms with Crippen LogP contribution in [0, 0.1) is 12.3 Å². The largest absolute Gasteiger partial charge is 0.308 e. The molecule has 0 aliphatic heterocycles. The first-order valence-electron chi connectivity index (χ1n) is 6.59. The Morgan fingerprint density at radius 3 is 2.35 bits per heavy atom. The molecule has 0 radical (unpaired) electrons. The average Bonchev–Trinajstić information content (AvgIpc) is 2.58. The summed E-state index contributed by atoms with van der Waals surface area (Å²) < 4.78 is 0. The van der Waals surface area contributed by atoms with Gasteiger partial charge in [0.05, 0.1) is 11.7 Å². The van der Waals surface area contributed by atoms with Crippen molar-refractivity contribution in [2.75, 3.05) is 6.54 Å². The number of hydrogen-bond donors (Lipinski definition) is 1. The summed E-state index contributed by atoms with van der Waals surface area (Å²) in [6.45, 7) is 14.5. The van der Waals surface area contributed by atoms with E-state index in [1.165, 1.54) is 15.6 Å². The smallest absolute Gasteiger partial charge is 0.111 e. The maximum atomic E-state index is 4.80. The molecular weight excluding hydrogens is 228 g/mol. The summed E-state index contributed by atoms with van der Waals surface area (Å²) in [5.74, 6) is 0. The van der Waals surface area contributed by atoms with Crippen LogP contribution < -0.4 is 5.32 Å². The second-order valence-electron chi connectivity index (χ2n) is 5.66. The predicted octanol–water partition coefficient (Wildman–Crippen LogP) is 4.10. The molecule has 1 unspecified atom stereocenters. The molecular formula is C14H26N2S. The molecule has 1 N–H and O–H groups in total. The van der Waals surface area contributed by atoms with E-state index in [0.717, 1.165) is 19.4 Å². The van der Waals surface area contributed by atoms with Gasteiger partial charge in [-0.05, 0) is 31.7 Å². The summed E-state index contributed by atoms with van der Waals surface area (Å²) >= 11 is 1.85. The molecule has 0 bridgehead atoms. The Morgan fingerprint density at radius 2 is 1.94 bits per heavy atom. The Bertz CT molecular complexity index is 350. The standard InChI is InChI=1S/C14H26N2S/c1-7-9-15-12(14(4,5)6)13-16-11(8-2)10(3)17-13/h12,15H,7-9H2,1-6H3. The molecule has 0 fully saturated rings. The van der Waals surface area contributed by atoms with E-state index in [0.29, 0.717) is 6.04 Å². The number of hydrogen-bond acceptors (Lipinski definition) is 3. The Balaban J connectivity index is 2.96. The van der Waals surface area contributed by atoms with Crippen LogP contribution in [0.2, 0.25) is 0 Å². The second-order valence-corrected chi connectivity index (χ2v) is 6.90. The zero-order valence-electron chi connectivity index (χ0n) is 12.1. The molecule has 0 aliphatic rings. The Kier molecular flexibility index (Phi) is 5.14. The lowest BCUT2D eigenvalue weighted by molar-refractivity contribution is 0.272. The summed E-state index contributed by atoms with van der Waals surface area (Å²) in [6.07, 6.45) is 2.20. The SMILES string of the molecule is CCCNC(c1nc(CC)c(C)s1)C(C)(C)C. The molecule has 98 valence electrons. The van der Waals surface area contributed by atoms with Crippen LogP contribution in [0.25, 0.3) is 0 Å². The van der Waals surface area contributed by atoms with Crippen LogP contribution in [0.15, 0.2) is 0 Å². The Morgan fingerprint density at radius 1 is 1.29 bits per heavy atom. The van der Waals surface area contributed by atoms with Crippen molar-refractivity contribution in [2.24, 2.45) is 5.41 Å². The molecule has 2 nitrogen and oxygen atoms in total. The minimum Gasteiger partial charge on any atom is -0.308 e. The van der Waals surface area contributed by atoms with Gasteiger partial charge >= 0.3 is 0 Å². The van der Waals surface area contributed by atoms with Gasteiger partial charge in [0, 0.05) is 4.88 Å². The summed E-state index contributed by atoms with van der Waals surface area (Å²) in [4.78, 5) is 6.17. The lowest BCUT2D eigenvalue weighted by atomic mass is 9.87. The summed E-state index contributed by atoms with van der Waals surface area (Å²) in [6, 6.07) is 0.367. The van der Waals surface area contributed by atoms with Crippen LogP contribution in [0.4, 0.5) is 0 Å². The summed E-state index contributed by atoms with van der Waals surface area (Å²) in [5.41, 5.74) is 1.47. The van der Waals surface area contributed by atoms with Gasteiger partial charge in [0.15, 0.2) is 0 Å². The minimum atomic E-state index is 0.213. The van der Waals surface area contributed by atoms with Gasteiger partial charge in [-0.3, -0.25) is 0 Å². The highest BCUT2D eigenvalue weighted by Gasteiger charge is 2.28.